The van der Waals surface area contributed by atoms with E-state index in [0.29, 0.717) is 6.42 Å². The molecule has 0 unspecified atom stereocenters. The van der Waals surface area contributed by atoms with Crippen LogP contribution in [0.15, 0.2) is 23.0 Å². The molecule has 2 heteroatoms. The standard InChI is InChI=1S/C12H20O2/c1-3-6-12(13,7-4-2)9-11-5-8-14-10-11/h5,8,10,13H,3-4,6-7,9H2,1-2H3. The Morgan fingerprint density at radius 1 is 1.29 bits per heavy atom. The molecule has 0 atom stereocenters. The zero-order valence-electron chi connectivity index (χ0n) is 9.12. The van der Waals surface area contributed by atoms with Crippen LogP contribution in [0.4, 0.5) is 0 Å². The Morgan fingerprint density at radius 2 is 1.93 bits per heavy atom. The molecule has 1 aromatic rings. The van der Waals surface area contributed by atoms with Crippen LogP contribution in [0.3, 0.4) is 0 Å². The van der Waals surface area contributed by atoms with Gasteiger partial charge in [-0.3, -0.25) is 0 Å². The van der Waals surface area contributed by atoms with Gasteiger partial charge in [0.25, 0.3) is 0 Å². The number of hydrogen-bond acceptors (Lipinski definition) is 2. The van der Waals surface area contributed by atoms with Gasteiger partial charge in [0.1, 0.15) is 0 Å². The highest BCUT2D eigenvalue weighted by Gasteiger charge is 2.25. The highest BCUT2D eigenvalue weighted by atomic mass is 16.3. The van der Waals surface area contributed by atoms with Gasteiger partial charge in [-0.05, 0) is 24.5 Å². The maximum Gasteiger partial charge on any atom is 0.0935 e. The number of rotatable bonds is 6. The Kier molecular flexibility index (Phi) is 4.21. The third kappa shape index (κ3) is 3.18. The second-order valence-electron chi connectivity index (χ2n) is 4.03. The quantitative estimate of drug-likeness (QED) is 0.758. The summed E-state index contributed by atoms with van der Waals surface area (Å²) in [6.45, 7) is 4.21. The van der Waals surface area contributed by atoms with Gasteiger partial charge in [-0.2, -0.15) is 0 Å². The Hall–Kier alpha value is -0.760. The van der Waals surface area contributed by atoms with E-state index in [1.54, 1.807) is 12.5 Å². The van der Waals surface area contributed by atoms with Gasteiger partial charge < -0.3 is 9.52 Å². The summed E-state index contributed by atoms with van der Waals surface area (Å²) in [7, 11) is 0. The zero-order valence-corrected chi connectivity index (χ0v) is 9.12. The first-order chi connectivity index (χ1) is 6.70. The van der Waals surface area contributed by atoms with Crippen LogP contribution in [-0.4, -0.2) is 10.7 Å². The molecule has 2 nitrogen and oxygen atoms in total. The first-order valence-corrected chi connectivity index (χ1v) is 5.43. The average Bonchev–Trinajstić information content (AvgIpc) is 2.57. The van der Waals surface area contributed by atoms with E-state index in [0.717, 1.165) is 31.2 Å². The van der Waals surface area contributed by atoms with Crippen molar-refractivity contribution in [2.24, 2.45) is 0 Å². The fraction of sp³-hybridized carbons (Fsp3) is 0.667. The second-order valence-corrected chi connectivity index (χ2v) is 4.03. The van der Waals surface area contributed by atoms with Gasteiger partial charge >= 0.3 is 0 Å². The first-order valence-electron chi connectivity index (χ1n) is 5.43. The van der Waals surface area contributed by atoms with E-state index < -0.39 is 5.60 Å². The van der Waals surface area contributed by atoms with Gasteiger partial charge in [-0.15, -0.1) is 0 Å². The zero-order chi connectivity index (χ0) is 10.4. The average molecular weight is 196 g/mol. The predicted molar refractivity (Wildman–Crippen MR) is 57.2 cm³/mol. The maximum absolute atomic E-state index is 10.3. The minimum Gasteiger partial charge on any atom is -0.472 e. The molecule has 0 spiro atoms. The third-order valence-corrected chi connectivity index (χ3v) is 2.54. The summed E-state index contributed by atoms with van der Waals surface area (Å²) >= 11 is 0. The number of furan rings is 1. The van der Waals surface area contributed by atoms with Gasteiger partial charge in [-0.25, -0.2) is 0 Å². The summed E-state index contributed by atoms with van der Waals surface area (Å²) in [5.74, 6) is 0. The van der Waals surface area contributed by atoms with Crippen molar-refractivity contribution in [1.82, 2.24) is 0 Å². The van der Waals surface area contributed by atoms with E-state index in [1.807, 2.05) is 6.07 Å². The molecule has 1 heterocycles. The molecule has 0 fully saturated rings. The minimum atomic E-state index is -0.534. The van der Waals surface area contributed by atoms with Gasteiger partial charge in [0.05, 0.1) is 18.1 Å². The molecule has 0 saturated heterocycles. The molecule has 0 aliphatic carbocycles. The number of hydrogen-bond donors (Lipinski definition) is 1. The Balaban J connectivity index is 2.58. The molecule has 0 saturated carbocycles. The summed E-state index contributed by atoms with van der Waals surface area (Å²) in [6, 6.07) is 1.93. The van der Waals surface area contributed by atoms with E-state index >= 15 is 0 Å². The molecule has 0 aromatic carbocycles. The van der Waals surface area contributed by atoms with Crippen LogP contribution in [0.25, 0.3) is 0 Å². The number of aliphatic hydroxyl groups is 1. The fourth-order valence-corrected chi connectivity index (χ4v) is 2.01. The van der Waals surface area contributed by atoms with Gasteiger partial charge in [0.2, 0.25) is 0 Å². The smallest absolute Gasteiger partial charge is 0.0935 e. The maximum atomic E-state index is 10.3. The minimum absolute atomic E-state index is 0.534. The van der Waals surface area contributed by atoms with Crippen molar-refractivity contribution in [3.05, 3.63) is 24.2 Å². The summed E-state index contributed by atoms with van der Waals surface area (Å²) in [6.07, 6.45) is 7.87. The molecule has 0 aliphatic rings. The largest absolute Gasteiger partial charge is 0.472 e. The second kappa shape index (κ2) is 5.20. The summed E-state index contributed by atoms with van der Waals surface area (Å²) in [5.41, 5.74) is 0.558. The lowest BCUT2D eigenvalue weighted by molar-refractivity contribution is 0.0215. The van der Waals surface area contributed by atoms with E-state index in [-0.39, 0.29) is 0 Å². The molecule has 1 aromatic heterocycles. The Morgan fingerprint density at radius 3 is 2.36 bits per heavy atom. The van der Waals surface area contributed by atoms with Crippen molar-refractivity contribution in [2.45, 2.75) is 51.6 Å². The summed E-state index contributed by atoms with van der Waals surface area (Å²) in [5, 5.41) is 10.3. The van der Waals surface area contributed by atoms with Crippen LogP contribution in [0.5, 0.6) is 0 Å². The molecule has 1 rings (SSSR count). The normalized spacial score (nSPS) is 11.9. The SMILES string of the molecule is CCCC(O)(CCC)Cc1ccoc1. The van der Waals surface area contributed by atoms with Crippen molar-refractivity contribution in [3.63, 3.8) is 0 Å². The van der Waals surface area contributed by atoms with E-state index in [9.17, 15) is 5.11 Å². The van der Waals surface area contributed by atoms with Gasteiger partial charge in [0.15, 0.2) is 0 Å². The summed E-state index contributed by atoms with van der Waals surface area (Å²) < 4.78 is 5.01. The van der Waals surface area contributed by atoms with E-state index in [1.165, 1.54) is 0 Å². The van der Waals surface area contributed by atoms with Crippen molar-refractivity contribution >= 4 is 0 Å². The molecule has 1 N–H and O–H groups in total. The third-order valence-electron chi connectivity index (χ3n) is 2.54. The van der Waals surface area contributed by atoms with Crippen LogP contribution in [0.1, 0.15) is 45.1 Å². The molecule has 0 amide bonds. The lowest BCUT2D eigenvalue weighted by Crippen LogP contribution is -2.30. The molecule has 0 radical (unpaired) electrons. The Labute approximate surface area is 85.9 Å². The van der Waals surface area contributed by atoms with Crippen molar-refractivity contribution < 1.29 is 9.52 Å². The molecule has 0 aliphatic heterocycles. The fourth-order valence-electron chi connectivity index (χ4n) is 2.01. The lowest BCUT2D eigenvalue weighted by Gasteiger charge is -2.26. The van der Waals surface area contributed by atoms with Crippen molar-refractivity contribution in [3.8, 4) is 0 Å². The molecule has 14 heavy (non-hydrogen) atoms. The monoisotopic (exact) mass is 196 g/mol. The molecular formula is C12H20O2. The topological polar surface area (TPSA) is 33.4 Å². The van der Waals surface area contributed by atoms with Crippen molar-refractivity contribution in [2.75, 3.05) is 0 Å². The lowest BCUT2D eigenvalue weighted by atomic mass is 9.87. The predicted octanol–water partition coefficient (Wildman–Crippen LogP) is 3.15. The summed E-state index contributed by atoms with van der Waals surface area (Å²) in [4.78, 5) is 0. The van der Waals surface area contributed by atoms with Crippen molar-refractivity contribution in [1.29, 1.82) is 0 Å². The van der Waals surface area contributed by atoms with Crippen LogP contribution in [-0.2, 0) is 6.42 Å². The molecule has 80 valence electrons. The van der Waals surface area contributed by atoms with Gasteiger partial charge in [-0.1, -0.05) is 26.7 Å². The van der Waals surface area contributed by atoms with Crippen LogP contribution in [0.2, 0.25) is 0 Å². The highest BCUT2D eigenvalue weighted by Crippen LogP contribution is 2.24. The van der Waals surface area contributed by atoms with Crippen LogP contribution < -0.4 is 0 Å². The molecular weight excluding hydrogens is 176 g/mol. The van der Waals surface area contributed by atoms with Crippen LogP contribution >= 0.6 is 0 Å². The molecule has 0 bridgehead atoms. The highest BCUT2D eigenvalue weighted by molar-refractivity contribution is 5.09. The van der Waals surface area contributed by atoms with Crippen LogP contribution in [0, 0.1) is 0 Å². The van der Waals surface area contributed by atoms with Gasteiger partial charge in [0, 0.05) is 6.42 Å². The van der Waals surface area contributed by atoms with E-state index in [4.69, 9.17) is 4.42 Å². The van der Waals surface area contributed by atoms with E-state index in [2.05, 4.69) is 13.8 Å². The Bertz CT molecular complexity index is 233. The first kappa shape index (κ1) is 11.3.